The first kappa shape index (κ1) is 11.5. The summed E-state index contributed by atoms with van der Waals surface area (Å²) in [5, 5.41) is 0. The summed E-state index contributed by atoms with van der Waals surface area (Å²) in [6.07, 6.45) is 0.245. The first-order valence-corrected chi connectivity index (χ1v) is 5.37. The number of aromatic nitrogens is 2. The summed E-state index contributed by atoms with van der Waals surface area (Å²) in [6, 6.07) is 6.47. The fourth-order valence-corrected chi connectivity index (χ4v) is 1.76. The Morgan fingerprint density at radius 2 is 2.12 bits per heavy atom. The molecule has 0 aliphatic carbocycles. The molecule has 4 heteroatoms. The van der Waals surface area contributed by atoms with Crippen molar-refractivity contribution in [2.45, 2.75) is 20.3 Å². The van der Waals surface area contributed by atoms with Crippen molar-refractivity contribution in [3.05, 3.63) is 41.6 Å². The second-order valence-corrected chi connectivity index (χ2v) is 4.02. The number of hydrogen-bond acceptors (Lipinski definition) is 2. The Bertz CT molecular complexity index is 560. The number of carbonyl (C=O) groups is 1. The quantitative estimate of drug-likeness (QED) is 0.884. The Morgan fingerprint density at radius 3 is 2.76 bits per heavy atom. The normalized spacial score (nSPS) is 10.5. The molecular weight excluding hydrogens is 219 g/mol. The molecule has 1 N–H and O–H groups in total. The van der Waals surface area contributed by atoms with Gasteiger partial charge in [0.1, 0.15) is 17.4 Å². The van der Waals surface area contributed by atoms with E-state index in [9.17, 15) is 9.18 Å². The predicted molar refractivity (Wildman–Crippen MR) is 63.1 cm³/mol. The number of H-pyrrole nitrogens is 1. The van der Waals surface area contributed by atoms with Crippen LogP contribution < -0.4 is 0 Å². The highest BCUT2D eigenvalue weighted by Gasteiger charge is 2.13. The molecule has 2 rings (SSSR count). The summed E-state index contributed by atoms with van der Waals surface area (Å²) in [4.78, 5) is 18.3. The summed E-state index contributed by atoms with van der Waals surface area (Å²) < 4.78 is 13.6. The van der Waals surface area contributed by atoms with Gasteiger partial charge in [-0.05, 0) is 26.0 Å². The zero-order valence-corrected chi connectivity index (χ0v) is 9.75. The lowest BCUT2D eigenvalue weighted by Gasteiger charge is -1.99. The molecule has 0 aliphatic heterocycles. The second-order valence-electron chi connectivity index (χ2n) is 4.02. The van der Waals surface area contributed by atoms with Crippen LogP contribution in [0.5, 0.6) is 0 Å². The van der Waals surface area contributed by atoms with Crippen molar-refractivity contribution in [1.82, 2.24) is 9.97 Å². The maximum absolute atomic E-state index is 13.6. The molecule has 0 spiro atoms. The Labute approximate surface area is 98.7 Å². The van der Waals surface area contributed by atoms with Crippen LogP contribution >= 0.6 is 0 Å². The standard InChI is InChI=1S/C13H13FN2O/c1-8(17)7-12-15-9(2)13(16-12)10-5-3-4-6-11(10)14/h3-6H,7H2,1-2H3,(H,15,16). The predicted octanol–water partition coefficient (Wildman–Crippen LogP) is 2.66. The monoisotopic (exact) mass is 232 g/mol. The molecule has 17 heavy (non-hydrogen) atoms. The van der Waals surface area contributed by atoms with Gasteiger partial charge in [-0.2, -0.15) is 0 Å². The molecule has 1 aromatic carbocycles. The molecule has 88 valence electrons. The van der Waals surface area contributed by atoms with Crippen LogP contribution in [-0.2, 0) is 11.2 Å². The minimum Gasteiger partial charge on any atom is -0.345 e. The first-order valence-electron chi connectivity index (χ1n) is 5.37. The Balaban J connectivity index is 2.43. The highest BCUT2D eigenvalue weighted by atomic mass is 19.1. The van der Waals surface area contributed by atoms with Gasteiger partial charge in [0.25, 0.3) is 0 Å². The molecule has 1 heterocycles. The number of aromatic amines is 1. The molecule has 0 radical (unpaired) electrons. The highest BCUT2D eigenvalue weighted by Crippen LogP contribution is 2.23. The Hall–Kier alpha value is -1.97. The van der Waals surface area contributed by atoms with Crippen molar-refractivity contribution < 1.29 is 9.18 Å². The van der Waals surface area contributed by atoms with Gasteiger partial charge in [0, 0.05) is 11.3 Å². The van der Waals surface area contributed by atoms with Crippen LogP contribution in [0, 0.1) is 12.7 Å². The Kier molecular flexibility index (Phi) is 3.04. The lowest BCUT2D eigenvalue weighted by Crippen LogP contribution is -1.98. The van der Waals surface area contributed by atoms with Crippen LogP contribution in [0.2, 0.25) is 0 Å². The van der Waals surface area contributed by atoms with E-state index in [4.69, 9.17) is 0 Å². The van der Waals surface area contributed by atoms with Crippen molar-refractivity contribution in [2.75, 3.05) is 0 Å². The molecule has 1 aromatic heterocycles. The number of ketones is 1. The summed E-state index contributed by atoms with van der Waals surface area (Å²) in [7, 11) is 0. The SMILES string of the molecule is CC(=O)Cc1nc(-c2ccccc2F)c(C)[nH]1. The van der Waals surface area contributed by atoms with Gasteiger partial charge < -0.3 is 4.98 Å². The van der Waals surface area contributed by atoms with Gasteiger partial charge in [0.2, 0.25) is 0 Å². The lowest BCUT2D eigenvalue weighted by molar-refractivity contribution is -0.116. The van der Waals surface area contributed by atoms with Crippen molar-refractivity contribution >= 4 is 5.78 Å². The molecule has 0 amide bonds. The first-order chi connectivity index (χ1) is 8.08. The number of hydrogen-bond donors (Lipinski definition) is 1. The minimum absolute atomic E-state index is 0.0267. The summed E-state index contributed by atoms with van der Waals surface area (Å²) in [6.45, 7) is 3.32. The number of Topliss-reactive ketones (excluding diaryl/α,β-unsaturated/α-hetero) is 1. The second kappa shape index (κ2) is 4.49. The number of nitrogens with one attached hydrogen (secondary N) is 1. The molecule has 0 saturated carbocycles. The van der Waals surface area contributed by atoms with E-state index < -0.39 is 0 Å². The molecule has 0 bridgehead atoms. The van der Waals surface area contributed by atoms with Crippen LogP contribution in [0.15, 0.2) is 24.3 Å². The molecule has 0 atom stereocenters. The Morgan fingerprint density at radius 1 is 1.41 bits per heavy atom. The number of carbonyl (C=O) groups excluding carboxylic acids is 1. The summed E-state index contributed by atoms with van der Waals surface area (Å²) >= 11 is 0. The number of imidazole rings is 1. The van der Waals surface area contributed by atoms with Gasteiger partial charge in [-0.3, -0.25) is 4.79 Å². The van der Waals surface area contributed by atoms with Crippen LogP contribution in [0.4, 0.5) is 4.39 Å². The molecule has 2 aromatic rings. The topological polar surface area (TPSA) is 45.8 Å². The third-order valence-electron chi connectivity index (χ3n) is 2.48. The van der Waals surface area contributed by atoms with E-state index in [1.807, 2.05) is 6.92 Å². The largest absolute Gasteiger partial charge is 0.345 e. The molecule has 0 fully saturated rings. The maximum Gasteiger partial charge on any atom is 0.137 e. The number of rotatable bonds is 3. The average molecular weight is 232 g/mol. The fraction of sp³-hybridized carbons (Fsp3) is 0.231. The number of nitrogens with zero attached hydrogens (tertiary/aromatic N) is 1. The third-order valence-corrected chi connectivity index (χ3v) is 2.48. The number of aryl methyl sites for hydroxylation is 1. The lowest BCUT2D eigenvalue weighted by atomic mass is 10.1. The smallest absolute Gasteiger partial charge is 0.137 e. The molecule has 0 saturated heterocycles. The van der Waals surface area contributed by atoms with Crippen molar-refractivity contribution in [3.63, 3.8) is 0 Å². The van der Waals surface area contributed by atoms with Gasteiger partial charge in [-0.1, -0.05) is 12.1 Å². The number of benzene rings is 1. The minimum atomic E-state index is -0.309. The van der Waals surface area contributed by atoms with Crippen molar-refractivity contribution in [1.29, 1.82) is 0 Å². The highest BCUT2D eigenvalue weighted by molar-refractivity contribution is 5.77. The number of halogens is 1. The van der Waals surface area contributed by atoms with Gasteiger partial charge in [0.15, 0.2) is 0 Å². The van der Waals surface area contributed by atoms with Crippen LogP contribution in [0.25, 0.3) is 11.3 Å². The van der Waals surface area contributed by atoms with E-state index in [-0.39, 0.29) is 18.0 Å². The van der Waals surface area contributed by atoms with E-state index in [0.29, 0.717) is 17.1 Å². The zero-order chi connectivity index (χ0) is 12.4. The van der Waals surface area contributed by atoms with E-state index in [1.54, 1.807) is 18.2 Å². The van der Waals surface area contributed by atoms with Gasteiger partial charge >= 0.3 is 0 Å². The fourth-order valence-electron chi connectivity index (χ4n) is 1.76. The maximum atomic E-state index is 13.6. The van der Waals surface area contributed by atoms with E-state index >= 15 is 0 Å². The van der Waals surface area contributed by atoms with Crippen LogP contribution in [0.1, 0.15) is 18.4 Å². The van der Waals surface area contributed by atoms with Gasteiger partial charge in [0.05, 0.1) is 12.1 Å². The summed E-state index contributed by atoms with van der Waals surface area (Å²) in [5.74, 6) is 0.295. The van der Waals surface area contributed by atoms with Crippen LogP contribution in [-0.4, -0.2) is 15.8 Å². The third kappa shape index (κ3) is 2.41. The van der Waals surface area contributed by atoms with Crippen LogP contribution in [0.3, 0.4) is 0 Å². The average Bonchev–Trinajstić information content (AvgIpc) is 2.59. The van der Waals surface area contributed by atoms with Gasteiger partial charge in [-0.25, -0.2) is 9.37 Å². The van der Waals surface area contributed by atoms with Gasteiger partial charge in [-0.15, -0.1) is 0 Å². The van der Waals surface area contributed by atoms with E-state index in [1.165, 1.54) is 13.0 Å². The van der Waals surface area contributed by atoms with E-state index in [0.717, 1.165) is 5.69 Å². The van der Waals surface area contributed by atoms with E-state index in [2.05, 4.69) is 9.97 Å². The van der Waals surface area contributed by atoms with Crippen molar-refractivity contribution in [3.8, 4) is 11.3 Å². The molecule has 0 unspecified atom stereocenters. The zero-order valence-electron chi connectivity index (χ0n) is 9.75. The summed E-state index contributed by atoms with van der Waals surface area (Å²) in [5.41, 5.74) is 1.79. The van der Waals surface area contributed by atoms with Crippen molar-refractivity contribution in [2.24, 2.45) is 0 Å². The molecule has 0 aliphatic rings. The molecule has 3 nitrogen and oxygen atoms in total. The molecular formula is C13H13FN2O.